The summed E-state index contributed by atoms with van der Waals surface area (Å²) in [6, 6.07) is 13.3. The van der Waals surface area contributed by atoms with Gasteiger partial charge in [0, 0.05) is 12.1 Å². The van der Waals surface area contributed by atoms with Crippen molar-refractivity contribution in [1.29, 1.82) is 0 Å². The van der Waals surface area contributed by atoms with E-state index in [1.54, 1.807) is 42.5 Å². The van der Waals surface area contributed by atoms with Crippen molar-refractivity contribution < 1.29 is 18.6 Å². The molecule has 7 heteroatoms. The molecular formula is C19H16N2O5. The fourth-order valence-corrected chi connectivity index (χ4v) is 2.45. The number of nitro benzene ring substituents is 1. The molecule has 3 rings (SSSR count). The van der Waals surface area contributed by atoms with Crippen LogP contribution in [-0.2, 0) is 17.9 Å². The van der Waals surface area contributed by atoms with Crippen LogP contribution in [0.1, 0.15) is 17.1 Å². The SMILES string of the molecule is O=C(/C=C/c1ccccc1[N+](=O)[O-])N(Cc1ccco1)Cc1ccco1. The zero-order valence-electron chi connectivity index (χ0n) is 13.8. The van der Waals surface area contributed by atoms with E-state index in [9.17, 15) is 14.9 Å². The van der Waals surface area contributed by atoms with E-state index in [2.05, 4.69) is 0 Å². The average molecular weight is 352 g/mol. The molecule has 0 aliphatic heterocycles. The third-order valence-electron chi connectivity index (χ3n) is 3.70. The highest BCUT2D eigenvalue weighted by molar-refractivity contribution is 5.92. The summed E-state index contributed by atoms with van der Waals surface area (Å²) in [5.74, 6) is 0.948. The second kappa shape index (κ2) is 7.98. The van der Waals surface area contributed by atoms with Gasteiger partial charge in [0.1, 0.15) is 11.5 Å². The molecule has 2 heterocycles. The lowest BCUT2D eigenvalue weighted by atomic mass is 10.1. The first-order valence-corrected chi connectivity index (χ1v) is 7.88. The van der Waals surface area contributed by atoms with Gasteiger partial charge in [-0.25, -0.2) is 0 Å². The van der Waals surface area contributed by atoms with Gasteiger partial charge in [-0.3, -0.25) is 14.9 Å². The number of amides is 1. The first kappa shape index (κ1) is 17.2. The summed E-state index contributed by atoms with van der Waals surface area (Å²) in [6.45, 7) is 0.515. The lowest BCUT2D eigenvalue weighted by Gasteiger charge is -2.18. The number of furan rings is 2. The number of nitrogens with zero attached hydrogens (tertiary/aromatic N) is 2. The van der Waals surface area contributed by atoms with Crippen molar-refractivity contribution in [2.45, 2.75) is 13.1 Å². The Balaban J connectivity index is 1.79. The van der Waals surface area contributed by atoms with E-state index < -0.39 is 4.92 Å². The molecule has 132 valence electrons. The second-order valence-electron chi connectivity index (χ2n) is 5.50. The number of carbonyl (C=O) groups is 1. The Bertz CT molecular complexity index is 862. The largest absolute Gasteiger partial charge is 0.467 e. The zero-order chi connectivity index (χ0) is 18.4. The molecule has 1 amide bonds. The van der Waals surface area contributed by atoms with Crippen LogP contribution >= 0.6 is 0 Å². The van der Waals surface area contributed by atoms with Gasteiger partial charge in [-0.2, -0.15) is 0 Å². The second-order valence-corrected chi connectivity index (χ2v) is 5.50. The lowest BCUT2D eigenvalue weighted by Crippen LogP contribution is -2.28. The third-order valence-corrected chi connectivity index (χ3v) is 3.70. The van der Waals surface area contributed by atoms with Gasteiger partial charge in [0.05, 0.1) is 36.1 Å². The van der Waals surface area contributed by atoms with Crippen LogP contribution in [0.3, 0.4) is 0 Å². The molecule has 0 fully saturated rings. The predicted molar refractivity (Wildman–Crippen MR) is 93.8 cm³/mol. The maximum absolute atomic E-state index is 12.6. The van der Waals surface area contributed by atoms with E-state index in [1.165, 1.54) is 35.6 Å². The van der Waals surface area contributed by atoms with Crippen molar-refractivity contribution in [3.63, 3.8) is 0 Å². The quantitative estimate of drug-likeness (QED) is 0.364. The summed E-state index contributed by atoms with van der Waals surface area (Å²) < 4.78 is 10.6. The average Bonchev–Trinajstić information content (AvgIpc) is 3.33. The Morgan fingerprint density at radius 1 is 1.00 bits per heavy atom. The first-order chi connectivity index (χ1) is 12.6. The fraction of sp³-hybridized carbons (Fsp3) is 0.105. The first-order valence-electron chi connectivity index (χ1n) is 7.88. The van der Waals surface area contributed by atoms with E-state index in [0.29, 0.717) is 17.1 Å². The summed E-state index contributed by atoms with van der Waals surface area (Å²) in [4.78, 5) is 24.8. The molecule has 26 heavy (non-hydrogen) atoms. The lowest BCUT2D eigenvalue weighted by molar-refractivity contribution is -0.385. The number of carbonyl (C=O) groups excluding carboxylic acids is 1. The number of hydrogen-bond donors (Lipinski definition) is 0. The summed E-state index contributed by atoms with van der Waals surface area (Å²) in [5, 5.41) is 11.1. The zero-order valence-corrected chi connectivity index (χ0v) is 13.8. The highest BCUT2D eigenvalue weighted by Gasteiger charge is 2.16. The van der Waals surface area contributed by atoms with Gasteiger partial charge in [0.15, 0.2) is 0 Å². The summed E-state index contributed by atoms with van der Waals surface area (Å²) in [6.07, 6.45) is 5.83. The minimum absolute atomic E-state index is 0.0554. The minimum atomic E-state index is -0.479. The maximum atomic E-state index is 12.6. The van der Waals surface area contributed by atoms with Crippen molar-refractivity contribution in [3.8, 4) is 0 Å². The highest BCUT2D eigenvalue weighted by Crippen LogP contribution is 2.19. The molecule has 0 aliphatic carbocycles. The van der Waals surface area contributed by atoms with Crippen LogP contribution in [0.4, 0.5) is 5.69 Å². The van der Waals surface area contributed by atoms with Crippen LogP contribution in [-0.4, -0.2) is 15.7 Å². The monoisotopic (exact) mass is 352 g/mol. The molecule has 0 saturated carbocycles. The molecule has 0 unspecified atom stereocenters. The summed E-state index contributed by atoms with van der Waals surface area (Å²) in [5.41, 5.74) is 0.307. The van der Waals surface area contributed by atoms with Crippen molar-refractivity contribution in [3.05, 3.63) is 94.3 Å². The molecular weight excluding hydrogens is 336 g/mol. The van der Waals surface area contributed by atoms with Crippen LogP contribution in [0, 0.1) is 10.1 Å². The molecule has 0 saturated heterocycles. The summed E-state index contributed by atoms with van der Waals surface area (Å²) in [7, 11) is 0. The van der Waals surface area contributed by atoms with Crippen molar-refractivity contribution in [1.82, 2.24) is 4.90 Å². The highest BCUT2D eigenvalue weighted by atomic mass is 16.6. The molecule has 0 radical (unpaired) electrons. The molecule has 0 aliphatic rings. The van der Waals surface area contributed by atoms with Crippen LogP contribution in [0.2, 0.25) is 0 Å². The van der Waals surface area contributed by atoms with Crippen molar-refractivity contribution >= 4 is 17.7 Å². The Labute approximate surface area is 149 Å². The molecule has 3 aromatic rings. The van der Waals surface area contributed by atoms with E-state index in [4.69, 9.17) is 8.83 Å². The molecule has 7 nitrogen and oxygen atoms in total. The van der Waals surface area contributed by atoms with Gasteiger partial charge in [0.25, 0.3) is 5.69 Å². The number of hydrogen-bond acceptors (Lipinski definition) is 5. The fourth-order valence-electron chi connectivity index (χ4n) is 2.45. The number of benzene rings is 1. The topological polar surface area (TPSA) is 89.7 Å². The van der Waals surface area contributed by atoms with E-state index in [-0.39, 0.29) is 24.7 Å². The number of nitro groups is 1. The van der Waals surface area contributed by atoms with Gasteiger partial charge in [0.2, 0.25) is 5.91 Å². The Hall–Kier alpha value is -3.61. The van der Waals surface area contributed by atoms with Crippen LogP contribution in [0.15, 0.2) is 76.0 Å². The molecule has 0 spiro atoms. The van der Waals surface area contributed by atoms with E-state index >= 15 is 0 Å². The van der Waals surface area contributed by atoms with Crippen LogP contribution in [0.5, 0.6) is 0 Å². The van der Waals surface area contributed by atoms with Gasteiger partial charge in [-0.1, -0.05) is 12.1 Å². The minimum Gasteiger partial charge on any atom is -0.467 e. The third kappa shape index (κ3) is 4.27. The molecule has 0 atom stereocenters. The van der Waals surface area contributed by atoms with E-state index in [1.807, 2.05) is 0 Å². The van der Waals surface area contributed by atoms with Gasteiger partial charge in [-0.15, -0.1) is 0 Å². The van der Waals surface area contributed by atoms with Crippen molar-refractivity contribution in [2.24, 2.45) is 0 Å². The van der Waals surface area contributed by atoms with Gasteiger partial charge < -0.3 is 13.7 Å². The van der Waals surface area contributed by atoms with Gasteiger partial charge >= 0.3 is 0 Å². The Morgan fingerprint density at radius 3 is 2.15 bits per heavy atom. The standard InChI is InChI=1S/C19H16N2O5/c22-19(10-9-15-5-1-2-8-18(15)21(23)24)20(13-16-6-3-11-25-16)14-17-7-4-12-26-17/h1-12H,13-14H2/b10-9+. The summed E-state index contributed by atoms with van der Waals surface area (Å²) >= 11 is 0. The van der Waals surface area contributed by atoms with Crippen molar-refractivity contribution in [2.75, 3.05) is 0 Å². The molecule has 0 N–H and O–H groups in total. The maximum Gasteiger partial charge on any atom is 0.276 e. The molecule has 2 aromatic heterocycles. The van der Waals surface area contributed by atoms with Crippen LogP contribution in [0.25, 0.3) is 6.08 Å². The number of para-hydroxylation sites is 1. The van der Waals surface area contributed by atoms with Crippen LogP contribution < -0.4 is 0 Å². The normalized spacial score (nSPS) is 10.9. The van der Waals surface area contributed by atoms with Gasteiger partial charge in [-0.05, 0) is 36.4 Å². The molecule has 1 aromatic carbocycles. The predicted octanol–water partition coefficient (Wildman–Crippen LogP) is 4.02. The molecule has 0 bridgehead atoms. The Morgan fingerprint density at radius 2 is 1.62 bits per heavy atom. The smallest absolute Gasteiger partial charge is 0.276 e. The Kier molecular flexibility index (Phi) is 5.28. The van der Waals surface area contributed by atoms with E-state index in [0.717, 1.165) is 0 Å². The number of rotatable bonds is 7.